The Hall–Kier alpha value is -0.990. The topological polar surface area (TPSA) is 41.1 Å². The molecule has 0 spiro atoms. The Labute approximate surface area is 156 Å². The molecule has 0 bridgehead atoms. The second-order valence-electron chi connectivity index (χ2n) is 9.44. The zero-order valence-corrected chi connectivity index (χ0v) is 17.6. The van der Waals surface area contributed by atoms with Gasteiger partial charge >= 0.3 is 0 Å². The minimum Gasteiger partial charge on any atom is -0.369 e. The van der Waals surface area contributed by atoms with E-state index in [-0.39, 0.29) is 22.7 Å². The number of Topliss-reactive ketones (excluding diaryl/α,β-unsaturated/α-hetero) is 1. The van der Waals surface area contributed by atoms with Crippen molar-refractivity contribution in [3.8, 4) is 0 Å². The molecule has 1 fully saturated rings. The van der Waals surface area contributed by atoms with Crippen molar-refractivity contribution < 1.29 is 4.79 Å². The van der Waals surface area contributed by atoms with Crippen molar-refractivity contribution in [1.29, 1.82) is 0 Å². The number of nitrogens with one attached hydrogen (secondary N) is 2. The molecule has 1 aliphatic rings. The smallest absolute Gasteiger partial charge is 0.152 e. The van der Waals surface area contributed by atoms with Gasteiger partial charge in [0.2, 0.25) is 0 Å². The van der Waals surface area contributed by atoms with E-state index in [4.69, 9.17) is 0 Å². The summed E-state index contributed by atoms with van der Waals surface area (Å²) < 4.78 is 0. The van der Waals surface area contributed by atoms with Gasteiger partial charge in [-0.3, -0.25) is 4.79 Å². The van der Waals surface area contributed by atoms with Crippen LogP contribution in [-0.2, 0) is 4.79 Å². The molecule has 0 radical (unpaired) electrons. The van der Waals surface area contributed by atoms with Gasteiger partial charge in [-0.05, 0) is 37.0 Å². The summed E-state index contributed by atoms with van der Waals surface area (Å²) in [6.45, 7) is 17.2. The molecule has 1 aliphatic carbocycles. The van der Waals surface area contributed by atoms with Gasteiger partial charge in [0, 0.05) is 6.04 Å². The molecular weight excluding hydrogens is 308 g/mol. The molecule has 0 aliphatic heterocycles. The number of rotatable bonds is 9. The van der Waals surface area contributed by atoms with Gasteiger partial charge in [0.15, 0.2) is 5.78 Å². The van der Waals surface area contributed by atoms with E-state index in [9.17, 15) is 4.79 Å². The predicted octanol–water partition coefficient (Wildman–Crippen LogP) is 5.56. The lowest BCUT2D eigenvalue weighted by atomic mass is 9.74. The zero-order chi connectivity index (χ0) is 19.1. The van der Waals surface area contributed by atoms with Gasteiger partial charge in [-0.2, -0.15) is 0 Å². The van der Waals surface area contributed by atoms with E-state index in [2.05, 4.69) is 51.8 Å². The molecular formula is C22H42N2O. The number of carbonyl (C=O) groups is 1. The van der Waals surface area contributed by atoms with Crippen molar-refractivity contribution in [1.82, 2.24) is 10.6 Å². The number of carbonyl (C=O) groups excluding carboxylic acids is 1. The number of unbranched alkanes of at least 4 members (excludes halogenated alkanes) is 1. The fourth-order valence-corrected chi connectivity index (χ4v) is 4.15. The number of hydrogen-bond acceptors (Lipinski definition) is 3. The fraction of sp³-hybridized carbons (Fsp3) is 0.864. The molecule has 0 aromatic rings. The summed E-state index contributed by atoms with van der Waals surface area (Å²) in [5.41, 5.74) is 0.200. The van der Waals surface area contributed by atoms with E-state index in [1.54, 1.807) is 6.92 Å². The summed E-state index contributed by atoms with van der Waals surface area (Å²) in [5, 5.41) is 7.07. The first-order valence-electron chi connectivity index (χ1n) is 10.3. The highest BCUT2D eigenvalue weighted by atomic mass is 16.1. The lowest BCUT2D eigenvalue weighted by molar-refractivity contribution is -0.122. The second-order valence-corrected chi connectivity index (χ2v) is 9.44. The maximum Gasteiger partial charge on any atom is 0.152 e. The summed E-state index contributed by atoms with van der Waals surface area (Å²) in [6, 6.07) is 0.222. The Morgan fingerprint density at radius 1 is 1.12 bits per heavy atom. The minimum atomic E-state index is -0.141. The third-order valence-corrected chi connectivity index (χ3v) is 5.91. The van der Waals surface area contributed by atoms with Crippen LogP contribution in [0.25, 0.3) is 0 Å². The molecule has 1 rings (SSSR count). The van der Waals surface area contributed by atoms with Gasteiger partial charge in [0.25, 0.3) is 0 Å². The van der Waals surface area contributed by atoms with Gasteiger partial charge in [-0.1, -0.05) is 79.7 Å². The third-order valence-electron chi connectivity index (χ3n) is 5.91. The van der Waals surface area contributed by atoms with E-state index in [1.807, 2.05) is 0 Å². The number of hydrogen-bond donors (Lipinski definition) is 2. The van der Waals surface area contributed by atoms with E-state index in [1.165, 1.54) is 38.5 Å². The highest BCUT2D eigenvalue weighted by molar-refractivity contribution is 5.82. The van der Waals surface area contributed by atoms with E-state index < -0.39 is 0 Å². The first-order chi connectivity index (χ1) is 11.6. The number of ketones is 1. The van der Waals surface area contributed by atoms with Crippen molar-refractivity contribution in [3.05, 3.63) is 12.4 Å². The van der Waals surface area contributed by atoms with Crippen LogP contribution in [0.5, 0.6) is 0 Å². The highest BCUT2D eigenvalue weighted by Gasteiger charge is 2.38. The van der Waals surface area contributed by atoms with Crippen LogP contribution < -0.4 is 10.6 Å². The summed E-state index contributed by atoms with van der Waals surface area (Å²) in [6.07, 6.45) is 10.8. The lowest BCUT2D eigenvalue weighted by Gasteiger charge is -2.39. The largest absolute Gasteiger partial charge is 0.369 e. The van der Waals surface area contributed by atoms with Gasteiger partial charge in [-0.25, -0.2) is 0 Å². The summed E-state index contributed by atoms with van der Waals surface area (Å²) in [4.78, 5) is 12.4. The normalized spacial score (nSPS) is 20.2. The Morgan fingerprint density at radius 2 is 1.68 bits per heavy atom. The van der Waals surface area contributed by atoms with Crippen molar-refractivity contribution in [2.24, 2.45) is 10.8 Å². The van der Waals surface area contributed by atoms with Crippen LogP contribution in [0, 0.1) is 10.8 Å². The molecule has 0 saturated heterocycles. The molecule has 3 heteroatoms. The molecule has 0 aromatic carbocycles. The lowest BCUT2D eigenvalue weighted by Crippen LogP contribution is -2.52. The van der Waals surface area contributed by atoms with Crippen LogP contribution in [0.15, 0.2) is 12.4 Å². The Kier molecular flexibility index (Phi) is 8.50. The third kappa shape index (κ3) is 7.03. The molecule has 0 amide bonds. The predicted molar refractivity (Wildman–Crippen MR) is 108 cm³/mol. The van der Waals surface area contributed by atoms with Crippen LogP contribution in [0.2, 0.25) is 0 Å². The van der Waals surface area contributed by atoms with Crippen molar-refractivity contribution in [2.75, 3.05) is 0 Å². The fourth-order valence-electron chi connectivity index (χ4n) is 4.15. The molecule has 1 saturated carbocycles. The van der Waals surface area contributed by atoms with Crippen LogP contribution in [0.4, 0.5) is 0 Å². The first-order valence-corrected chi connectivity index (χ1v) is 10.3. The van der Waals surface area contributed by atoms with Crippen molar-refractivity contribution in [2.45, 2.75) is 111 Å². The average molecular weight is 351 g/mol. The molecule has 146 valence electrons. The summed E-state index contributed by atoms with van der Waals surface area (Å²) in [5.74, 6) is 1.04. The maximum atomic E-state index is 12.4. The van der Waals surface area contributed by atoms with Crippen LogP contribution in [-0.4, -0.2) is 17.9 Å². The molecule has 25 heavy (non-hydrogen) atoms. The monoisotopic (exact) mass is 350 g/mol. The average Bonchev–Trinajstić information content (AvgIpc) is 2.73. The van der Waals surface area contributed by atoms with Gasteiger partial charge in [0.05, 0.1) is 11.9 Å². The molecule has 2 unspecified atom stereocenters. The van der Waals surface area contributed by atoms with Gasteiger partial charge < -0.3 is 10.6 Å². The summed E-state index contributed by atoms with van der Waals surface area (Å²) >= 11 is 0. The van der Waals surface area contributed by atoms with E-state index >= 15 is 0 Å². The van der Waals surface area contributed by atoms with Crippen molar-refractivity contribution in [3.63, 3.8) is 0 Å². The quantitative estimate of drug-likeness (QED) is 0.535. The second kappa shape index (κ2) is 9.64. The SMILES string of the molecule is C=C(NC(CCCC)C(C)(C)C)NC(C(C)=O)C1(C)CCCCCC1. The van der Waals surface area contributed by atoms with Crippen LogP contribution in [0.3, 0.4) is 0 Å². The first kappa shape index (κ1) is 22.1. The van der Waals surface area contributed by atoms with E-state index in [0.717, 1.165) is 25.1 Å². The highest BCUT2D eigenvalue weighted by Crippen LogP contribution is 2.38. The standard InChI is InChI=1S/C22H42N2O/c1-8-9-14-19(21(4,5)6)23-18(3)24-20(17(2)25)22(7)15-12-10-11-13-16-22/h19-20,23-24H,3,8-16H2,1-2,4-7H3. The van der Waals surface area contributed by atoms with Crippen LogP contribution >= 0.6 is 0 Å². The van der Waals surface area contributed by atoms with Crippen LogP contribution in [0.1, 0.15) is 99.3 Å². The van der Waals surface area contributed by atoms with Gasteiger partial charge in [-0.15, -0.1) is 0 Å². The molecule has 0 aromatic heterocycles. The Balaban J connectivity index is 2.79. The molecule has 2 atom stereocenters. The Morgan fingerprint density at radius 3 is 2.12 bits per heavy atom. The zero-order valence-electron chi connectivity index (χ0n) is 17.6. The van der Waals surface area contributed by atoms with E-state index in [0.29, 0.717) is 6.04 Å². The molecule has 0 heterocycles. The summed E-state index contributed by atoms with van der Waals surface area (Å²) in [7, 11) is 0. The molecule has 3 nitrogen and oxygen atoms in total. The maximum absolute atomic E-state index is 12.4. The minimum absolute atomic E-state index is 0.0353. The van der Waals surface area contributed by atoms with Gasteiger partial charge in [0.1, 0.15) is 0 Å². The molecule has 2 N–H and O–H groups in total. The van der Waals surface area contributed by atoms with Crippen molar-refractivity contribution >= 4 is 5.78 Å². The Bertz CT molecular complexity index is 428.